The van der Waals surface area contributed by atoms with Crippen molar-refractivity contribution >= 4 is 11.8 Å². The minimum absolute atomic E-state index is 0.113. The van der Waals surface area contributed by atoms with Gasteiger partial charge in [-0.2, -0.15) is 0 Å². The van der Waals surface area contributed by atoms with Crippen molar-refractivity contribution in [3.63, 3.8) is 0 Å². The van der Waals surface area contributed by atoms with Crippen LogP contribution in [0, 0.1) is 0 Å². The molecule has 0 heterocycles. The van der Waals surface area contributed by atoms with Crippen LogP contribution in [0.25, 0.3) is 0 Å². The Morgan fingerprint density at radius 3 is 2.65 bits per heavy atom. The maximum Gasteiger partial charge on any atom is 0.338 e. The monoisotopic (exact) mass is 230 g/mol. The lowest BCUT2D eigenvalue weighted by Gasteiger charge is -2.19. The van der Waals surface area contributed by atoms with Gasteiger partial charge in [-0.05, 0) is 38.0 Å². The van der Waals surface area contributed by atoms with Crippen LogP contribution in [0.5, 0.6) is 0 Å². The van der Waals surface area contributed by atoms with Gasteiger partial charge in [0, 0.05) is 0 Å². The van der Waals surface area contributed by atoms with E-state index in [1.807, 2.05) is 13.0 Å². The summed E-state index contributed by atoms with van der Waals surface area (Å²) < 4.78 is 5.20. The van der Waals surface area contributed by atoms with Crippen LogP contribution in [0.3, 0.4) is 0 Å². The smallest absolute Gasteiger partial charge is 0.338 e. The largest absolute Gasteiger partial charge is 0.450 e. The highest BCUT2D eigenvalue weighted by Gasteiger charge is 2.24. The molecule has 0 saturated carbocycles. The minimum atomic E-state index is -0.619. The first-order valence-electron chi connectivity index (χ1n) is 5.64. The van der Waals surface area contributed by atoms with Crippen molar-refractivity contribution in [3.05, 3.63) is 47.5 Å². The minimum Gasteiger partial charge on any atom is -0.450 e. The standard InChI is InChI=1S/C14H14O3/c1-10-7-8-13(12(15)9-10)17-14(16)11-5-3-2-4-6-11/h2-6,9,13H,7-8H2,1H3. The molecule has 0 bridgehead atoms. The maximum atomic E-state index is 11.7. The molecule has 1 aliphatic rings. The van der Waals surface area contributed by atoms with Crippen LogP contribution in [0.1, 0.15) is 30.1 Å². The number of carbonyl (C=O) groups excluding carboxylic acids is 2. The zero-order valence-corrected chi connectivity index (χ0v) is 9.68. The molecule has 0 fully saturated rings. The van der Waals surface area contributed by atoms with E-state index in [0.29, 0.717) is 12.0 Å². The third kappa shape index (κ3) is 2.81. The Bertz CT molecular complexity index is 460. The summed E-state index contributed by atoms with van der Waals surface area (Å²) in [6.45, 7) is 1.91. The van der Waals surface area contributed by atoms with Crippen LogP contribution in [-0.4, -0.2) is 17.9 Å². The first-order valence-corrected chi connectivity index (χ1v) is 5.64. The molecule has 1 aromatic carbocycles. The Kier molecular flexibility index (Phi) is 3.38. The lowest BCUT2D eigenvalue weighted by molar-refractivity contribution is -0.123. The summed E-state index contributed by atoms with van der Waals surface area (Å²) >= 11 is 0. The normalized spacial score (nSPS) is 19.7. The summed E-state index contributed by atoms with van der Waals surface area (Å²) in [5.41, 5.74) is 1.52. The summed E-state index contributed by atoms with van der Waals surface area (Å²) in [4.78, 5) is 23.4. The van der Waals surface area contributed by atoms with Gasteiger partial charge in [0.25, 0.3) is 0 Å². The highest BCUT2D eigenvalue weighted by Crippen LogP contribution is 2.18. The van der Waals surface area contributed by atoms with Gasteiger partial charge >= 0.3 is 5.97 Å². The summed E-state index contributed by atoms with van der Waals surface area (Å²) in [6.07, 6.45) is 2.33. The Morgan fingerprint density at radius 1 is 1.29 bits per heavy atom. The Labute approximate surface area is 100 Å². The number of ketones is 1. The molecule has 17 heavy (non-hydrogen) atoms. The highest BCUT2D eigenvalue weighted by molar-refractivity contribution is 5.98. The van der Waals surface area contributed by atoms with Crippen LogP contribution < -0.4 is 0 Å². The lowest BCUT2D eigenvalue weighted by Crippen LogP contribution is -2.28. The number of allylic oxidation sites excluding steroid dienone is 1. The first kappa shape index (κ1) is 11.6. The maximum absolute atomic E-state index is 11.7. The average molecular weight is 230 g/mol. The average Bonchev–Trinajstić information content (AvgIpc) is 2.34. The van der Waals surface area contributed by atoms with E-state index < -0.39 is 12.1 Å². The van der Waals surface area contributed by atoms with Gasteiger partial charge in [0.2, 0.25) is 0 Å². The number of hydrogen-bond acceptors (Lipinski definition) is 3. The topological polar surface area (TPSA) is 43.4 Å². The van der Waals surface area contributed by atoms with Gasteiger partial charge in [-0.15, -0.1) is 0 Å². The molecule has 0 aromatic heterocycles. The molecule has 1 atom stereocenters. The molecule has 0 spiro atoms. The molecule has 1 aliphatic carbocycles. The molecule has 1 unspecified atom stereocenters. The SMILES string of the molecule is CC1=CC(=O)C(OC(=O)c2ccccc2)CC1. The van der Waals surface area contributed by atoms with E-state index in [2.05, 4.69) is 0 Å². The van der Waals surface area contributed by atoms with Gasteiger partial charge in [0.05, 0.1) is 5.56 Å². The number of carbonyl (C=O) groups is 2. The van der Waals surface area contributed by atoms with Gasteiger partial charge in [0.15, 0.2) is 11.9 Å². The number of esters is 1. The number of benzene rings is 1. The van der Waals surface area contributed by atoms with Crippen LogP contribution >= 0.6 is 0 Å². The van der Waals surface area contributed by atoms with Gasteiger partial charge in [0.1, 0.15) is 0 Å². The molecule has 0 amide bonds. The molecular weight excluding hydrogens is 216 g/mol. The van der Waals surface area contributed by atoms with Crippen LogP contribution in [0.15, 0.2) is 42.0 Å². The molecule has 2 rings (SSSR count). The Morgan fingerprint density at radius 2 is 2.00 bits per heavy atom. The summed E-state index contributed by atoms with van der Waals surface area (Å²) in [5.74, 6) is -0.546. The van der Waals surface area contributed by atoms with Crippen molar-refractivity contribution < 1.29 is 14.3 Å². The van der Waals surface area contributed by atoms with E-state index in [0.717, 1.165) is 12.0 Å². The lowest BCUT2D eigenvalue weighted by atomic mass is 9.97. The predicted octanol–water partition coefficient (Wildman–Crippen LogP) is 2.52. The van der Waals surface area contributed by atoms with E-state index in [9.17, 15) is 9.59 Å². The van der Waals surface area contributed by atoms with E-state index in [1.165, 1.54) is 0 Å². The second-order valence-electron chi connectivity index (χ2n) is 4.19. The fourth-order valence-corrected chi connectivity index (χ4v) is 1.80. The molecule has 3 nitrogen and oxygen atoms in total. The number of rotatable bonds is 2. The van der Waals surface area contributed by atoms with Crippen molar-refractivity contribution in [1.82, 2.24) is 0 Å². The fourth-order valence-electron chi connectivity index (χ4n) is 1.80. The second-order valence-corrected chi connectivity index (χ2v) is 4.19. The predicted molar refractivity (Wildman–Crippen MR) is 63.6 cm³/mol. The quantitative estimate of drug-likeness (QED) is 0.733. The molecule has 0 N–H and O–H groups in total. The zero-order chi connectivity index (χ0) is 12.3. The van der Waals surface area contributed by atoms with Gasteiger partial charge in [-0.25, -0.2) is 4.79 Å². The number of hydrogen-bond donors (Lipinski definition) is 0. The van der Waals surface area contributed by atoms with Crippen LogP contribution in [0.2, 0.25) is 0 Å². The molecule has 3 heteroatoms. The van der Waals surface area contributed by atoms with E-state index in [4.69, 9.17) is 4.74 Å². The molecule has 88 valence electrons. The third-order valence-corrected chi connectivity index (χ3v) is 2.77. The van der Waals surface area contributed by atoms with Gasteiger partial charge < -0.3 is 4.74 Å². The van der Waals surface area contributed by atoms with Crippen molar-refractivity contribution in [2.45, 2.75) is 25.9 Å². The summed E-state index contributed by atoms with van der Waals surface area (Å²) in [6, 6.07) is 8.72. The Hall–Kier alpha value is -1.90. The molecule has 0 aliphatic heterocycles. The van der Waals surface area contributed by atoms with Crippen LogP contribution in [-0.2, 0) is 9.53 Å². The summed E-state index contributed by atoms with van der Waals surface area (Å²) in [7, 11) is 0. The van der Waals surface area contributed by atoms with E-state index in [-0.39, 0.29) is 5.78 Å². The molecule has 0 radical (unpaired) electrons. The van der Waals surface area contributed by atoms with Gasteiger partial charge in [-0.1, -0.05) is 23.8 Å². The van der Waals surface area contributed by atoms with Crippen molar-refractivity contribution in [2.24, 2.45) is 0 Å². The van der Waals surface area contributed by atoms with Crippen LogP contribution in [0.4, 0.5) is 0 Å². The summed E-state index contributed by atoms with van der Waals surface area (Å²) in [5, 5.41) is 0. The second kappa shape index (κ2) is 4.95. The van der Waals surface area contributed by atoms with Crippen molar-refractivity contribution in [1.29, 1.82) is 0 Å². The fraction of sp³-hybridized carbons (Fsp3) is 0.286. The number of ether oxygens (including phenoxy) is 1. The van der Waals surface area contributed by atoms with Crippen molar-refractivity contribution in [2.75, 3.05) is 0 Å². The van der Waals surface area contributed by atoms with E-state index in [1.54, 1.807) is 30.3 Å². The van der Waals surface area contributed by atoms with Crippen molar-refractivity contribution in [3.8, 4) is 0 Å². The highest BCUT2D eigenvalue weighted by atomic mass is 16.5. The van der Waals surface area contributed by atoms with Gasteiger partial charge in [-0.3, -0.25) is 4.79 Å². The molecular formula is C14H14O3. The Balaban J connectivity index is 2.03. The van der Waals surface area contributed by atoms with E-state index >= 15 is 0 Å². The third-order valence-electron chi connectivity index (χ3n) is 2.77. The first-order chi connectivity index (χ1) is 8.16. The zero-order valence-electron chi connectivity index (χ0n) is 9.68. The molecule has 0 saturated heterocycles. The molecule has 1 aromatic rings.